The molecule has 1 amide bonds. The van der Waals surface area contributed by atoms with Crippen molar-refractivity contribution in [2.24, 2.45) is 5.41 Å². The quantitative estimate of drug-likeness (QED) is 0.311. The van der Waals surface area contributed by atoms with Crippen LogP contribution in [0.1, 0.15) is 30.7 Å². The molecule has 1 aromatic rings. The standard InChI is InChI=1S/C18H23N3O3/c1-2-10-24-17(22)21(12-18(8-9-18)16(19)20-23)15-11-14(15)13-6-4-3-5-7-13/h2-7,14-15,23H,1,8-12H2,(H2,19,20)/t14-,15+/m1/s1. The Labute approximate surface area is 141 Å². The van der Waals surface area contributed by atoms with E-state index in [0.29, 0.717) is 12.5 Å². The van der Waals surface area contributed by atoms with Crippen molar-refractivity contribution in [3.8, 4) is 0 Å². The second-order valence-electron chi connectivity index (χ2n) is 6.58. The average Bonchev–Trinajstić information content (AvgIpc) is 3.52. The molecule has 2 atom stereocenters. The van der Waals surface area contributed by atoms with E-state index in [1.165, 1.54) is 5.56 Å². The molecule has 2 saturated carbocycles. The fraction of sp³-hybridized carbons (Fsp3) is 0.444. The maximum Gasteiger partial charge on any atom is 0.410 e. The van der Waals surface area contributed by atoms with E-state index in [-0.39, 0.29) is 24.6 Å². The Hall–Kier alpha value is -2.34. The molecule has 24 heavy (non-hydrogen) atoms. The summed E-state index contributed by atoms with van der Waals surface area (Å²) < 4.78 is 5.24. The molecule has 3 N–H and O–H groups in total. The largest absolute Gasteiger partial charge is 0.445 e. The molecule has 0 unspecified atom stereocenters. The van der Waals surface area contributed by atoms with Crippen LogP contribution in [0.2, 0.25) is 0 Å². The molecule has 128 valence electrons. The van der Waals surface area contributed by atoms with Gasteiger partial charge in [-0.3, -0.25) is 16.1 Å². The van der Waals surface area contributed by atoms with Crippen LogP contribution in [0.15, 0.2) is 43.0 Å². The molecule has 2 aliphatic carbocycles. The SMILES string of the molecule is C=CCOC(=O)N(CC1(C(=N)NO)CC1)[C@H]1C[C@@H]1c1ccccc1. The molecule has 1 aromatic carbocycles. The van der Waals surface area contributed by atoms with Gasteiger partial charge in [-0.15, -0.1) is 0 Å². The smallest absolute Gasteiger partial charge is 0.410 e. The topological polar surface area (TPSA) is 85.7 Å². The highest BCUT2D eigenvalue weighted by molar-refractivity contribution is 5.87. The van der Waals surface area contributed by atoms with E-state index in [4.69, 9.17) is 15.4 Å². The van der Waals surface area contributed by atoms with Crippen molar-refractivity contribution in [3.63, 3.8) is 0 Å². The van der Waals surface area contributed by atoms with E-state index >= 15 is 0 Å². The second kappa shape index (κ2) is 6.65. The van der Waals surface area contributed by atoms with Gasteiger partial charge in [-0.25, -0.2) is 4.79 Å². The Kier molecular flexibility index (Phi) is 4.57. The number of hydrogen-bond donors (Lipinski definition) is 3. The maximum absolute atomic E-state index is 12.5. The van der Waals surface area contributed by atoms with Gasteiger partial charge in [-0.1, -0.05) is 43.0 Å². The third-order valence-electron chi connectivity index (χ3n) is 4.91. The Bertz CT molecular complexity index is 628. The molecule has 0 aromatic heterocycles. The lowest BCUT2D eigenvalue weighted by atomic mass is 10.0. The van der Waals surface area contributed by atoms with E-state index in [1.54, 1.807) is 11.0 Å². The van der Waals surface area contributed by atoms with Crippen molar-refractivity contribution in [2.75, 3.05) is 13.2 Å². The normalized spacial score (nSPS) is 23.0. The zero-order chi connectivity index (χ0) is 17.2. The summed E-state index contributed by atoms with van der Waals surface area (Å²) >= 11 is 0. The number of nitrogens with one attached hydrogen (secondary N) is 2. The van der Waals surface area contributed by atoms with Gasteiger partial charge in [0.1, 0.15) is 12.4 Å². The van der Waals surface area contributed by atoms with Crippen LogP contribution in [0.3, 0.4) is 0 Å². The molecule has 2 aliphatic rings. The second-order valence-corrected chi connectivity index (χ2v) is 6.58. The fourth-order valence-electron chi connectivity index (χ4n) is 3.20. The Morgan fingerprint density at radius 3 is 2.75 bits per heavy atom. The zero-order valence-corrected chi connectivity index (χ0v) is 13.6. The van der Waals surface area contributed by atoms with Crippen LogP contribution in [0.25, 0.3) is 0 Å². The number of benzene rings is 1. The number of rotatable bonds is 7. The monoisotopic (exact) mass is 329 g/mol. The molecule has 6 heteroatoms. The maximum atomic E-state index is 12.5. The number of amidine groups is 1. The highest BCUT2D eigenvalue weighted by Crippen LogP contribution is 2.51. The predicted octanol–water partition coefficient (Wildman–Crippen LogP) is 2.90. The third kappa shape index (κ3) is 3.28. The van der Waals surface area contributed by atoms with Gasteiger partial charge in [0.15, 0.2) is 0 Å². The number of hydrogen-bond acceptors (Lipinski definition) is 4. The van der Waals surface area contributed by atoms with Gasteiger partial charge >= 0.3 is 6.09 Å². The Morgan fingerprint density at radius 1 is 1.46 bits per heavy atom. The van der Waals surface area contributed by atoms with E-state index in [1.807, 2.05) is 23.7 Å². The first-order chi connectivity index (χ1) is 11.6. The van der Waals surface area contributed by atoms with Crippen LogP contribution >= 0.6 is 0 Å². The molecule has 2 fully saturated rings. The predicted molar refractivity (Wildman–Crippen MR) is 90.2 cm³/mol. The number of carbonyl (C=O) groups is 1. The molecule has 0 heterocycles. The van der Waals surface area contributed by atoms with Crippen LogP contribution in [0.4, 0.5) is 4.79 Å². The first kappa shape index (κ1) is 16.5. The van der Waals surface area contributed by atoms with Crippen LogP contribution < -0.4 is 5.48 Å². The van der Waals surface area contributed by atoms with Crippen molar-refractivity contribution in [3.05, 3.63) is 48.6 Å². The van der Waals surface area contributed by atoms with Crippen LogP contribution in [0, 0.1) is 10.8 Å². The van der Waals surface area contributed by atoms with Gasteiger partial charge < -0.3 is 9.64 Å². The summed E-state index contributed by atoms with van der Waals surface area (Å²) in [6.07, 6.45) is 3.63. The molecule has 0 spiro atoms. The molecule has 0 bridgehead atoms. The minimum atomic E-state index is -0.466. The van der Waals surface area contributed by atoms with Crippen LogP contribution in [0.5, 0.6) is 0 Å². The minimum absolute atomic E-state index is 0.0703. The van der Waals surface area contributed by atoms with Crippen molar-refractivity contribution < 1.29 is 14.7 Å². The molecule has 0 radical (unpaired) electrons. The lowest BCUT2D eigenvalue weighted by Crippen LogP contribution is -2.43. The van der Waals surface area contributed by atoms with E-state index in [2.05, 4.69) is 18.7 Å². The van der Waals surface area contributed by atoms with E-state index < -0.39 is 5.41 Å². The van der Waals surface area contributed by atoms with Gasteiger partial charge in [0, 0.05) is 23.9 Å². The average molecular weight is 329 g/mol. The molecule has 0 saturated heterocycles. The summed E-state index contributed by atoms with van der Waals surface area (Å²) in [7, 11) is 0. The van der Waals surface area contributed by atoms with E-state index in [9.17, 15) is 4.79 Å². The van der Waals surface area contributed by atoms with Crippen molar-refractivity contribution in [1.29, 1.82) is 5.41 Å². The number of hydroxylamine groups is 1. The van der Waals surface area contributed by atoms with Gasteiger partial charge in [-0.05, 0) is 24.8 Å². The van der Waals surface area contributed by atoms with Crippen LogP contribution in [-0.2, 0) is 4.74 Å². The van der Waals surface area contributed by atoms with Crippen molar-refractivity contribution in [1.82, 2.24) is 10.4 Å². The van der Waals surface area contributed by atoms with Gasteiger partial charge in [-0.2, -0.15) is 0 Å². The number of nitrogens with zero attached hydrogens (tertiary/aromatic N) is 1. The first-order valence-electron chi connectivity index (χ1n) is 8.19. The Morgan fingerprint density at radius 2 is 2.17 bits per heavy atom. The van der Waals surface area contributed by atoms with Gasteiger partial charge in [0.05, 0.1) is 0 Å². The zero-order valence-electron chi connectivity index (χ0n) is 13.6. The molecule has 6 nitrogen and oxygen atoms in total. The summed E-state index contributed by atoms with van der Waals surface area (Å²) in [6, 6.07) is 10.2. The number of ether oxygens (including phenoxy) is 1. The lowest BCUT2D eigenvalue weighted by Gasteiger charge is -2.27. The summed E-state index contributed by atoms with van der Waals surface area (Å²) in [5, 5.41) is 17.0. The lowest BCUT2D eigenvalue weighted by molar-refractivity contribution is 0.102. The fourth-order valence-corrected chi connectivity index (χ4v) is 3.20. The first-order valence-corrected chi connectivity index (χ1v) is 8.19. The van der Waals surface area contributed by atoms with Crippen molar-refractivity contribution in [2.45, 2.75) is 31.2 Å². The molecular formula is C18H23N3O3. The number of carbonyl (C=O) groups excluding carboxylic acids is 1. The Balaban J connectivity index is 1.73. The number of amides is 1. The third-order valence-corrected chi connectivity index (χ3v) is 4.91. The molecule has 3 rings (SSSR count). The summed E-state index contributed by atoms with van der Waals surface area (Å²) in [5.74, 6) is 0.371. The van der Waals surface area contributed by atoms with Gasteiger partial charge in [0.2, 0.25) is 0 Å². The van der Waals surface area contributed by atoms with Gasteiger partial charge in [0.25, 0.3) is 0 Å². The summed E-state index contributed by atoms with van der Waals surface area (Å²) in [5.41, 5.74) is 2.69. The summed E-state index contributed by atoms with van der Waals surface area (Å²) in [4.78, 5) is 14.2. The van der Waals surface area contributed by atoms with Crippen molar-refractivity contribution >= 4 is 11.9 Å². The highest BCUT2D eigenvalue weighted by atomic mass is 16.6. The molecular weight excluding hydrogens is 306 g/mol. The summed E-state index contributed by atoms with van der Waals surface area (Å²) in [6.45, 7) is 4.13. The minimum Gasteiger partial charge on any atom is -0.445 e. The van der Waals surface area contributed by atoms with E-state index in [0.717, 1.165) is 19.3 Å². The van der Waals surface area contributed by atoms with Crippen LogP contribution in [-0.4, -0.2) is 41.2 Å². The highest BCUT2D eigenvalue weighted by Gasteiger charge is 2.54. The molecule has 0 aliphatic heterocycles.